The highest BCUT2D eigenvalue weighted by Gasteiger charge is 2.08. The van der Waals surface area contributed by atoms with E-state index in [4.69, 9.17) is 0 Å². The molecule has 0 bridgehead atoms. The Hall–Kier alpha value is -1.40. The van der Waals surface area contributed by atoms with Crippen LogP contribution in [-0.2, 0) is 0 Å². The average Bonchev–Trinajstić information content (AvgIpc) is 2.44. The lowest BCUT2D eigenvalue weighted by atomic mass is 10.3. The van der Waals surface area contributed by atoms with Crippen molar-refractivity contribution in [2.45, 2.75) is 13.3 Å². The number of aryl methyl sites for hydroxylation is 1. The maximum Gasteiger partial charge on any atom is 0.131 e. The Kier molecular flexibility index (Phi) is 5.35. The molecule has 1 aliphatic rings. The van der Waals surface area contributed by atoms with Crippen LogP contribution in [0.15, 0.2) is 6.07 Å². The molecule has 0 radical (unpaired) electrons. The first-order valence-electron chi connectivity index (χ1n) is 6.98. The maximum atomic E-state index is 4.38. The van der Waals surface area contributed by atoms with Crippen LogP contribution >= 0.6 is 0 Å². The van der Waals surface area contributed by atoms with Gasteiger partial charge in [0.15, 0.2) is 0 Å². The van der Waals surface area contributed by atoms with Crippen molar-refractivity contribution in [3.63, 3.8) is 0 Å². The molecule has 6 heteroatoms. The zero-order valence-electron chi connectivity index (χ0n) is 11.9. The number of nitrogens with one attached hydrogen (secondary N) is 3. The van der Waals surface area contributed by atoms with Crippen molar-refractivity contribution in [3.8, 4) is 0 Å². The summed E-state index contributed by atoms with van der Waals surface area (Å²) in [5, 5.41) is 9.78. The quantitative estimate of drug-likeness (QED) is 0.652. The molecule has 0 aliphatic carbocycles. The second kappa shape index (κ2) is 7.25. The molecule has 1 aliphatic heterocycles. The van der Waals surface area contributed by atoms with Crippen LogP contribution in [-0.4, -0.2) is 61.2 Å². The smallest absolute Gasteiger partial charge is 0.131 e. The van der Waals surface area contributed by atoms with Gasteiger partial charge in [0.2, 0.25) is 0 Å². The molecule has 0 unspecified atom stereocenters. The molecule has 6 nitrogen and oxygen atoms in total. The number of aromatic nitrogens is 2. The Morgan fingerprint density at radius 2 is 2.00 bits per heavy atom. The predicted octanol–water partition coefficient (Wildman–Crippen LogP) is 0.534. The average molecular weight is 264 g/mol. The lowest BCUT2D eigenvalue weighted by Gasteiger charge is -2.27. The number of nitrogens with zero attached hydrogens (tertiary/aromatic N) is 3. The molecular weight excluding hydrogens is 240 g/mol. The molecule has 0 atom stereocenters. The summed E-state index contributed by atoms with van der Waals surface area (Å²) in [6.07, 6.45) is 1.14. The van der Waals surface area contributed by atoms with Crippen molar-refractivity contribution in [1.82, 2.24) is 20.2 Å². The molecule has 0 amide bonds. The number of piperazine rings is 1. The summed E-state index contributed by atoms with van der Waals surface area (Å²) in [4.78, 5) is 11.2. The third-order valence-electron chi connectivity index (χ3n) is 3.26. The first kappa shape index (κ1) is 14.0. The van der Waals surface area contributed by atoms with Crippen LogP contribution in [0, 0.1) is 6.92 Å². The summed E-state index contributed by atoms with van der Waals surface area (Å²) in [5.41, 5.74) is 0. The van der Waals surface area contributed by atoms with Gasteiger partial charge in [-0.1, -0.05) is 0 Å². The molecule has 1 aromatic rings. The summed E-state index contributed by atoms with van der Waals surface area (Å²) in [5.74, 6) is 2.55. The van der Waals surface area contributed by atoms with Crippen LogP contribution < -0.4 is 16.0 Å². The monoisotopic (exact) mass is 264 g/mol. The van der Waals surface area contributed by atoms with E-state index in [0.29, 0.717) is 0 Å². The standard InChI is InChI=1S/C13H24N6/c1-11-17-12(14-2)10-13(18-11)16-4-3-7-19-8-5-15-6-9-19/h10,15H,3-9H2,1-2H3,(H2,14,16,17,18). The fraction of sp³-hybridized carbons (Fsp3) is 0.692. The first-order chi connectivity index (χ1) is 9.28. The minimum absolute atomic E-state index is 0.788. The highest BCUT2D eigenvalue weighted by molar-refractivity contribution is 5.46. The molecule has 19 heavy (non-hydrogen) atoms. The van der Waals surface area contributed by atoms with Crippen molar-refractivity contribution in [3.05, 3.63) is 11.9 Å². The lowest BCUT2D eigenvalue weighted by Crippen LogP contribution is -2.44. The van der Waals surface area contributed by atoms with E-state index in [9.17, 15) is 0 Å². The van der Waals surface area contributed by atoms with Gasteiger partial charge < -0.3 is 20.9 Å². The van der Waals surface area contributed by atoms with E-state index in [-0.39, 0.29) is 0 Å². The number of hydrogen-bond acceptors (Lipinski definition) is 6. The summed E-state index contributed by atoms with van der Waals surface area (Å²) in [6, 6.07) is 1.94. The Morgan fingerprint density at radius 1 is 1.26 bits per heavy atom. The van der Waals surface area contributed by atoms with E-state index >= 15 is 0 Å². The highest BCUT2D eigenvalue weighted by atomic mass is 15.2. The first-order valence-corrected chi connectivity index (χ1v) is 6.98. The van der Waals surface area contributed by atoms with E-state index in [2.05, 4.69) is 30.8 Å². The zero-order valence-corrected chi connectivity index (χ0v) is 11.9. The Labute approximate surface area is 115 Å². The molecular formula is C13H24N6. The third kappa shape index (κ3) is 4.65. The number of rotatable bonds is 6. The van der Waals surface area contributed by atoms with E-state index in [1.807, 2.05) is 20.0 Å². The molecule has 2 rings (SSSR count). The van der Waals surface area contributed by atoms with Crippen molar-refractivity contribution in [2.75, 3.05) is 56.9 Å². The molecule has 1 saturated heterocycles. The molecule has 1 fully saturated rings. The zero-order chi connectivity index (χ0) is 13.5. The molecule has 0 spiro atoms. The fourth-order valence-electron chi connectivity index (χ4n) is 2.24. The molecule has 3 N–H and O–H groups in total. The maximum absolute atomic E-state index is 4.38. The molecule has 0 saturated carbocycles. The van der Waals surface area contributed by atoms with Gasteiger partial charge in [0, 0.05) is 45.8 Å². The highest BCUT2D eigenvalue weighted by Crippen LogP contribution is 2.10. The largest absolute Gasteiger partial charge is 0.373 e. The van der Waals surface area contributed by atoms with Gasteiger partial charge in [-0.2, -0.15) is 0 Å². The van der Waals surface area contributed by atoms with E-state index in [0.717, 1.165) is 63.1 Å². The molecule has 106 valence electrons. The summed E-state index contributed by atoms with van der Waals surface area (Å²) < 4.78 is 0. The van der Waals surface area contributed by atoms with Gasteiger partial charge >= 0.3 is 0 Å². The van der Waals surface area contributed by atoms with E-state index < -0.39 is 0 Å². The van der Waals surface area contributed by atoms with E-state index in [1.54, 1.807) is 0 Å². The number of hydrogen-bond donors (Lipinski definition) is 3. The van der Waals surface area contributed by atoms with Gasteiger partial charge in [0.25, 0.3) is 0 Å². The molecule has 0 aromatic carbocycles. The summed E-state index contributed by atoms with van der Waals surface area (Å²) >= 11 is 0. The van der Waals surface area contributed by atoms with Gasteiger partial charge in [-0.15, -0.1) is 0 Å². The fourth-order valence-corrected chi connectivity index (χ4v) is 2.24. The van der Waals surface area contributed by atoms with Crippen LogP contribution in [0.3, 0.4) is 0 Å². The topological polar surface area (TPSA) is 65.1 Å². The van der Waals surface area contributed by atoms with Gasteiger partial charge in [0.05, 0.1) is 0 Å². The van der Waals surface area contributed by atoms with Crippen molar-refractivity contribution in [1.29, 1.82) is 0 Å². The van der Waals surface area contributed by atoms with Crippen LogP contribution in [0.5, 0.6) is 0 Å². The summed E-state index contributed by atoms with van der Waals surface area (Å²) in [7, 11) is 1.87. The van der Waals surface area contributed by atoms with Gasteiger partial charge in [-0.25, -0.2) is 9.97 Å². The second-order valence-electron chi connectivity index (χ2n) is 4.81. The van der Waals surface area contributed by atoms with Gasteiger partial charge in [-0.05, 0) is 19.9 Å². The van der Waals surface area contributed by atoms with Crippen molar-refractivity contribution in [2.24, 2.45) is 0 Å². The van der Waals surface area contributed by atoms with Crippen LogP contribution in [0.4, 0.5) is 11.6 Å². The van der Waals surface area contributed by atoms with Crippen LogP contribution in [0.2, 0.25) is 0 Å². The SMILES string of the molecule is CNc1cc(NCCCN2CCNCC2)nc(C)n1. The van der Waals surface area contributed by atoms with E-state index in [1.165, 1.54) is 0 Å². The predicted molar refractivity (Wildman–Crippen MR) is 78.7 cm³/mol. The summed E-state index contributed by atoms with van der Waals surface area (Å²) in [6.45, 7) is 8.56. The van der Waals surface area contributed by atoms with Gasteiger partial charge in [0.1, 0.15) is 17.5 Å². The van der Waals surface area contributed by atoms with Crippen LogP contribution in [0.25, 0.3) is 0 Å². The van der Waals surface area contributed by atoms with Crippen molar-refractivity contribution < 1.29 is 0 Å². The Morgan fingerprint density at radius 3 is 2.74 bits per heavy atom. The minimum Gasteiger partial charge on any atom is -0.373 e. The minimum atomic E-state index is 0.788. The Balaban J connectivity index is 1.71. The number of anilines is 2. The third-order valence-corrected chi connectivity index (χ3v) is 3.26. The Bertz CT molecular complexity index is 389. The van der Waals surface area contributed by atoms with Crippen molar-refractivity contribution >= 4 is 11.6 Å². The molecule has 1 aromatic heterocycles. The lowest BCUT2D eigenvalue weighted by molar-refractivity contribution is 0.240. The second-order valence-corrected chi connectivity index (χ2v) is 4.81. The normalized spacial score (nSPS) is 16.3. The van der Waals surface area contributed by atoms with Crippen LogP contribution in [0.1, 0.15) is 12.2 Å². The molecule has 2 heterocycles. The van der Waals surface area contributed by atoms with Gasteiger partial charge in [-0.3, -0.25) is 0 Å².